The van der Waals surface area contributed by atoms with Crippen molar-refractivity contribution in [1.82, 2.24) is 0 Å². The summed E-state index contributed by atoms with van der Waals surface area (Å²) in [5.74, 6) is 0. The minimum absolute atomic E-state index is 0. The van der Waals surface area contributed by atoms with Gasteiger partial charge in [0, 0.05) is 0 Å². The zero-order chi connectivity index (χ0) is 8.69. The minimum atomic E-state index is -3.00. The van der Waals surface area contributed by atoms with Crippen molar-refractivity contribution in [3.8, 4) is 0 Å². The average Bonchev–Trinajstić information content (AvgIpc) is 1.87. The van der Waals surface area contributed by atoms with Crippen molar-refractivity contribution in [1.29, 1.82) is 0 Å². The third-order valence-electron chi connectivity index (χ3n) is 0.455. The van der Waals surface area contributed by atoms with E-state index in [0.717, 1.165) is 0 Å². The molecule has 15 heavy (non-hydrogen) atoms. The molecule has 0 aromatic heterocycles. The first-order chi connectivity index (χ1) is 5.20. The van der Waals surface area contributed by atoms with Crippen LogP contribution in [0.5, 0.6) is 0 Å². The Balaban J connectivity index is -0.0000000333. The summed E-state index contributed by atoms with van der Waals surface area (Å²) in [6, 6.07) is 0. The van der Waals surface area contributed by atoms with Crippen LogP contribution < -0.4 is 0 Å². The molecule has 0 aromatic carbocycles. The van der Waals surface area contributed by atoms with Gasteiger partial charge in [-0.2, -0.15) is 0 Å². The molecule has 0 heterocycles. The van der Waals surface area contributed by atoms with Crippen LogP contribution in [0.1, 0.15) is 2.85 Å². The second-order valence-corrected chi connectivity index (χ2v) is 5.12. The van der Waals surface area contributed by atoms with Crippen molar-refractivity contribution in [2.75, 3.05) is 0 Å². The SMILES string of the molecule is Cl.O.O.[Ca+2].[H-].[H-].[O]=[Al][O][Si](=O)O[Si](=O)[O][Al]=[O]. The van der Waals surface area contributed by atoms with Crippen molar-refractivity contribution in [2.24, 2.45) is 0 Å². The maximum atomic E-state index is 10.3. The third-order valence-corrected chi connectivity index (χ3v) is 4.10. The van der Waals surface area contributed by atoms with E-state index in [1.807, 2.05) is 0 Å². The molecular formula is H7Al2CaClO9Si2. The molecule has 0 amide bonds. The van der Waals surface area contributed by atoms with E-state index >= 15 is 0 Å². The first-order valence-corrected chi connectivity index (χ1v) is 6.50. The van der Waals surface area contributed by atoms with E-state index in [9.17, 15) is 16.5 Å². The number of hydrogen-bond acceptors (Lipinski definition) is 7. The summed E-state index contributed by atoms with van der Waals surface area (Å²) in [6.07, 6.45) is 0. The van der Waals surface area contributed by atoms with Gasteiger partial charge in [-0.1, -0.05) is 0 Å². The molecule has 0 fully saturated rings. The molecule has 0 rings (SSSR count). The van der Waals surface area contributed by atoms with Crippen LogP contribution in [0.25, 0.3) is 0 Å². The molecule has 0 spiro atoms. The molecule has 0 saturated heterocycles. The van der Waals surface area contributed by atoms with Gasteiger partial charge in [0.2, 0.25) is 0 Å². The van der Waals surface area contributed by atoms with Crippen LogP contribution in [-0.4, -0.2) is 98.0 Å². The van der Waals surface area contributed by atoms with Crippen LogP contribution in [0.3, 0.4) is 0 Å². The van der Waals surface area contributed by atoms with Crippen LogP contribution in [-0.2, 0) is 27.6 Å². The molecule has 0 aliphatic heterocycles. The molecule has 0 saturated carbocycles. The molecule has 0 bridgehead atoms. The quantitative estimate of drug-likeness (QED) is 0.453. The van der Waals surface area contributed by atoms with Gasteiger partial charge in [-0.05, 0) is 0 Å². The summed E-state index contributed by atoms with van der Waals surface area (Å²) in [5, 5.41) is 0. The van der Waals surface area contributed by atoms with Crippen molar-refractivity contribution >= 4 is 99.5 Å². The van der Waals surface area contributed by atoms with Crippen molar-refractivity contribution in [3.05, 3.63) is 0 Å². The topological polar surface area (TPSA) is 159 Å². The molecule has 0 radical (unpaired) electrons. The van der Waals surface area contributed by atoms with E-state index in [0.29, 0.717) is 0 Å². The maximum absolute atomic E-state index is 10.3. The van der Waals surface area contributed by atoms with Gasteiger partial charge in [0.25, 0.3) is 0 Å². The normalized spacial score (nSPS) is 5.07. The molecule has 0 aliphatic rings. The zero-order valence-corrected chi connectivity index (χ0v) is 14.5. The Labute approximate surface area is 139 Å². The standard InChI is InChI=1S/2Al.Ca.ClH.O5Si2.2H2O.2O.2H/c;;;;1-6(2)5-7(3)4;;;;;;/h;;;1H;;2*1H2;;;;/q2*+1;+2;;-2;;;;;2*-1. The summed E-state index contributed by atoms with van der Waals surface area (Å²) in [7, 11) is -6.01. The number of halogens is 1. The van der Waals surface area contributed by atoms with Crippen LogP contribution in [0.2, 0.25) is 0 Å². The summed E-state index contributed by atoms with van der Waals surface area (Å²) in [4.78, 5) is 0. The fourth-order valence-electron chi connectivity index (χ4n) is 0.195. The Hall–Kier alpha value is 1.57. The van der Waals surface area contributed by atoms with Crippen LogP contribution in [0.4, 0.5) is 0 Å². The molecule has 0 aromatic rings. The van der Waals surface area contributed by atoms with E-state index < -0.39 is 49.3 Å². The van der Waals surface area contributed by atoms with Crippen molar-refractivity contribution in [3.63, 3.8) is 0 Å². The monoisotopic (exact) mass is 336 g/mol. The average molecular weight is 337 g/mol. The second-order valence-electron chi connectivity index (χ2n) is 1.03. The molecule has 0 unspecified atom stereocenters. The Bertz CT molecular complexity index is 187. The predicted octanol–water partition coefficient (Wildman–Crippen LogP) is -3.59. The Morgan fingerprint density at radius 2 is 1.20 bits per heavy atom. The summed E-state index contributed by atoms with van der Waals surface area (Å²) < 4.78 is 52.0. The first-order valence-electron chi connectivity index (χ1n) is 2.17. The van der Waals surface area contributed by atoms with E-state index in [-0.39, 0.29) is 64.0 Å². The van der Waals surface area contributed by atoms with Gasteiger partial charge < -0.3 is 13.8 Å². The van der Waals surface area contributed by atoms with Gasteiger partial charge in [-0.3, -0.25) is 0 Å². The Kier molecular flexibility index (Phi) is 41.8. The van der Waals surface area contributed by atoms with E-state index in [1.54, 1.807) is 0 Å². The second kappa shape index (κ2) is 20.9. The molecule has 4 N–H and O–H groups in total. The van der Waals surface area contributed by atoms with E-state index in [1.165, 1.54) is 0 Å². The molecule has 9 nitrogen and oxygen atoms in total. The van der Waals surface area contributed by atoms with E-state index in [2.05, 4.69) is 11.1 Å². The van der Waals surface area contributed by atoms with Gasteiger partial charge in [-0.25, -0.2) is 0 Å². The van der Waals surface area contributed by atoms with Crippen molar-refractivity contribution in [2.45, 2.75) is 0 Å². The number of hydrogen-bond donors (Lipinski definition) is 0. The van der Waals surface area contributed by atoms with Gasteiger partial charge in [0.05, 0.1) is 0 Å². The Morgan fingerprint density at radius 3 is 1.40 bits per heavy atom. The summed E-state index contributed by atoms with van der Waals surface area (Å²) in [6.45, 7) is 0. The molecule has 84 valence electrons. The predicted molar refractivity (Wildman–Crippen MR) is 51.5 cm³/mol. The molecule has 0 aliphatic carbocycles. The molecular weight excluding hydrogens is 330 g/mol. The first kappa shape index (κ1) is 30.0. The number of rotatable bonds is 6. The van der Waals surface area contributed by atoms with Crippen molar-refractivity contribution < 1.29 is 41.4 Å². The van der Waals surface area contributed by atoms with Crippen LogP contribution in [0.15, 0.2) is 0 Å². The van der Waals surface area contributed by atoms with Crippen LogP contribution in [0, 0.1) is 0 Å². The summed E-state index contributed by atoms with van der Waals surface area (Å²) >= 11 is -3.33. The van der Waals surface area contributed by atoms with Gasteiger partial charge in [0.15, 0.2) is 0 Å². The van der Waals surface area contributed by atoms with Crippen LogP contribution >= 0.6 is 12.4 Å². The summed E-state index contributed by atoms with van der Waals surface area (Å²) in [5.41, 5.74) is 0. The zero-order valence-electron chi connectivity index (χ0n) is 9.13. The van der Waals surface area contributed by atoms with Gasteiger partial charge in [0.1, 0.15) is 0 Å². The third kappa shape index (κ3) is 21.4. The molecule has 15 heteroatoms. The van der Waals surface area contributed by atoms with Gasteiger partial charge in [-0.15, -0.1) is 12.4 Å². The fraction of sp³-hybridized carbons (Fsp3) is 0. The Morgan fingerprint density at radius 1 is 0.933 bits per heavy atom. The van der Waals surface area contributed by atoms with E-state index in [4.69, 9.17) is 0 Å². The van der Waals surface area contributed by atoms with Gasteiger partial charge >= 0.3 is 115 Å². The fourth-order valence-corrected chi connectivity index (χ4v) is 2.62. The molecule has 0 atom stereocenters.